The number of carbonyl (C=O) groups is 2. The normalized spacial score (nSPS) is 24.2. The molecular weight excluding hydrogens is 366 g/mol. The highest BCUT2D eigenvalue weighted by atomic mass is 16.6. The second kappa shape index (κ2) is 8.04. The topological polar surface area (TPSA) is 122 Å². The van der Waals surface area contributed by atoms with Crippen molar-refractivity contribution in [1.29, 1.82) is 0 Å². The first-order valence-corrected chi connectivity index (χ1v) is 9.50. The minimum absolute atomic E-state index is 0.0238. The van der Waals surface area contributed by atoms with Gasteiger partial charge in [-0.3, -0.25) is 19.8 Å². The van der Waals surface area contributed by atoms with Crippen LogP contribution in [0.5, 0.6) is 0 Å². The monoisotopic (exact) mass is 391 g/mol. The minimum Gasteiger partial charge on any atom is -0.469 e. The molecule has 1 aliphatic heterocycles. The summed E-state index contributed by atoms with van der Waals surface area (Å²) in [4.78, 5) is 35.9. The maximum absolute atomic E-state index is 11.8. The van der Waals surface area contributed by atoms with Crippen LogP contribution in [0.3, 0.4) is 0 Å². The van der Waals surface area contributed by atoms with Gasteiger partial charge < -0.3 is 15.2 Å². The number of carboxylic acid groups (broad SMARTS) is 1. The molecule has 1 aliphatic carbocycles. The lowest BCUT2D eigenvalue weighted by Gasteiger charge is -2.33. The Labute approximate surface area is 162 Å². The smallest absolute Gasteiger partial charge is 0.412 e. The van der Waals surface area contributed by atoms with Gasteiger partial charge in [0.25, 0.3) is 5.69 Å². The van der Waals surface area contributed by atoms with Crippen molar-refractivity contribution in [2.75, 3.05) is 17.3 Å². The van der Waals surface area contributed by atoms with E-state index >= 15 is 0 Å². The molecule has 1 heterocycles. The Morgan fingerprint density at radius 2 is 1.93 bits per heavy atom. The standard InChI is InChI=1S/C19H25N3O6/c1-11-3-8-14-16(21(11)19(24)25)10-9-15(17(14)22(26)27)20-13-6-4-12(5-7-13)18(23)28-2/h9-13,20H,3-8H2,1-2H3,(H,24,25)/t11-,12?,13?/m0/s1. The van der Waals surface area contributed by atoms with Crippen molar-refractivity contribution in [1.82, 2.24) is 0 Å². The summed E-state index contributed by atoms with van der Waals surface area (Å²) < 4.78 is 4.79. The number of hydrogen-bond acceptors (Lipinski definition) is 6. The Balaban J connectivity index is 1.84. The van der Waals surface area contributed by atoms with E-state index in [4.69, 9.17) is 4.74 Å². The molecule has 152 valence electrons. The SMILES string of the molecule is COC(=O)C1CCC(Nc2ccc3c(c2[N+](=O)[O-])CC[C@H](C)N3C(=O)O)CC1. The molecule has 0 unspecified atom stereocenters. The lowest BCUT2D eigenvalue weighted by molar-refractivity contribution is -0.384. The molecule has 28 heavy (non-hydrogen) atoms. The lowest BCUT2D eigenvalue weighted by Crippen LogP contribution is -2.41. The second-order valence-corrected chi connectivity index (χ2v) is 7.47. The van der Waals surface area contributed by atoms with Gasteiger partial charge in [-0.15, -0.1) is 0 Å². The summed E-state index contributed by atoms with van der Waals surface area (Å²) in [5.41, 5.74) is 1.20. The molecule has 0 bridgehead atoms. The molecule has 1 atom stereocenters. The third kappa shape index (κ3) is 3.74. The molecule has 2 aliphatic rings. The summed E-state index contributed by atoms with van der Waals surface area (Å²) in [5.74, 6) is -0.326. The molecule has 0 radical (unpaired) electrons. The first kappa shape index (κ1) is 19.9. The van der Waals surface area contributed by atoms with Crippen LogP contribution >= 0.6 is 0 Å². The fourth-order valence-corrected chi connectivity index (χ4v) is 4.29. The van der Waals surface area contributed by atoms with E-state index < -0.39 is 11.0 Å². The highest BCUT2D eigenvalue weighted by molar-refractivity contribution is 5.91. The van der Waals surface area contributed by atoms with Crippen LogP contribution < -0.4 is 10.2 Å². The van der Waals surface area contributed by atoms with Crippen molar-refractivity contribution >= 4 is 29.1 Å². The van der Waals surface area contributed by atoms with Gasteiger partial charge in [0.15, 0.2) is 0 Å². The van der Waals surface area contributed by atoms with Crippen LogP contribution in [0.25, 0.3) is 0 Å². The Hall–Kier alpha value is -2.84. The third-order valence-corrected chi connectivity index (χ3v) is 5.78. The average Bonchev–Trinajstić information content (AvgIpc) is 2.67. The van der Waals surface area contributed by atoms with E-state index in [1.54, 1.807) is 19.1 Å². The second-order valence-electron chi connectivity index (χ2n) is 7.47. The number of fused-ring (bicyclic) bond motifs is 1. The molecule has 2 N–H and O–H groups in total. The number of ether oxygens (including phenoxy) is 1. The number of hydrogen-bond donors (Lipinski definition) is 2. The Morgan fingerprint density at radius 3 is 2.50 bits per heavy atom. The summed E-state index contributed by atoms with van der Waals surface area (Å²) in [6.07, 6.45) is 2.67. The third-order valence-electron chi connectivity index (χ3n) is 5.78. The van der Waals surface area contributed by atoms with Crippen molar-refractivity contribution in [2.24, 2.45) is 5.92 Å². The number of anilines is 2. The predicted molar refractivity (Wildman–Crippen MR) is 103 cm³/mol. The zero-order chi connectivity index (χ0) is 20.4. The quantitative estimate of drug-likeness (QED) is 0.457. The molecule has 1 saturated carbocycles. The first-order chi connectivity index (χ1) is 13.3. The van der Waals surface area contributed by atoms with E-state index in [2.05, 4.69) is 5.32 Å². The highest BCUT2D eigenvalue weighted by Crippen LogP contribution is 2.42. The van der Waals surface area contributed by atoms with Crippen LogP contribution in [-0.2, 0) is 16.0 Å². The van der Waals surface area contributed by atoms with Crippen LogP contribution in [0.15, 0.2) is 12.1 Å². The highest BCUT2D eigenvalue weighted by Gasteiger charge is 2.35. The summed E-state index contributed by atoms with van der Waals surface area (Å²) in [7, 11) is 1.38. The zero-order valence-corrected chi connectivity index (χ0v) is 16.0. The molecule has 1 aromatic rings. The van der Waals surface area contributed by atoms with Gasteiger partial charge in [0.1, 0.15) is 5.69 Å². The molecular formula is C19H25N3O6. The van der Waals surface area contributed by atoms with Crippen molar-refractivity contribution in [2.45, 2.75) is 57.5 Å². The maximum atomic E-state index is 11.8. The lowest BCUT2D eigenvalue weighted by atomic mass is 9.86. The average molecular weight is 391 g/mol. The number of nitrogens with one attached hydrogen (secondary N) is 1. The van der Waals surface area contributed by atoms with Gasteiger partial charge in [0, 0.05) is 12.1 Å². The minimum atomic E-state index is -1.11. The van der Waals surface area contributed by atoms with Gasteiger partial charge >= 0.3 is 12.1 Å². The number of nitrogens with zero attached hydrogens (tertiary/aromatic N) is 2. The number of carbonyl (C=O) groups excluding carboxylic acids is 1. The molecule has 0 aromatic heterocycles. The van der Waals surface area contributed by atoms with Gasteiger partial charge in [-0.1, -0.05) is 0 Å². The molecule has 1 amide bonds. The van der Waals surface area contributed by atoms with E-state index in [1.165, 1.54) is 12.0 Å². The van der Waals surface area contributed by atoms with Crippen molar-refractivity contribution < 1.29 is 24.4 Å². The Bertz CT molecular complexity index is 788. The van der Waals surface area contributed by atoms with Crippen molar-refractivity contribution in [3.05, 3.63) is 27.8 Å². The van der Waals surface area contributed by atoms with Crippen LogP contribution in [0.2, 0.25) is 0 Å². The number of rotatable bonds is 4. The fraction of sp³-hybridized carbons (Fsp3) is 0.579. The van der Waals surface area contributed by atoms with Gasteiger partial charge in [-0.05, 0) is 57.6 Å². The molecule has 9 heteroatoms. The van der Waals surface area contributed by atoms with E-state index in [0.717, 1.165) is 0 Å². The largest absolute Gasteiger partial charge is 0.469 e. The summed E-state index contributed by atoms with van der Waals surface area (Å²) in [6, 6.07) is 3.04. The van der Waals surface area contributed by atoms with E-state index in [-0.39, 0.29) is 29.7 Å². The van der Waals surface area contributed by atoms with E-state index in [1.807, 2.05) is 0 Å². The van der Waals surface area contributed by atoms with Gasteiger partial charge in [0.2, 0.25) is 0 Å². The number of nitro groups is 1. The van der Waals surface area contributed by atoms with E-state index in [9.17, 15) is 24.8 Å². The van der Waals surface area contributed by atoms with Crippen molar-refractivity contribution in [3.63, 3.8) is 0 Å². The molecule has 1 fully saturated rings. The Kier molecular flexibility index (Phi) is 5.71. The number of methoxy groups -OCH3 is 1. The molecule has 0 spiro atoms. The maximum Gasteiger partial charge on any atom is 0.412 e. The van der Waals surface area contributed by atoms with E-state index in [0.29, 0.717) is 55.5 Å². The number of nitro benzene ring substituents is 1. The number of benzene rings is 1. The summed E-state index contributed by atoms with van der Waals surface area (Å²) in [6.45, 7) is 1.80. The number of amides is 1. The molecule has 0 saturated heterocycles. The fourth-order valence-electron chi connectivity index (χ4n) is 4.29. The predicted octanol–water partition coefficient (Wildman–Crippen LogP) is 3.56. The molecule has 9 nitrogen and oxygen atoms in total. The van der Waals surface area contributed by atoms with Gasteiger partial charge in [-0.25, -0.2) is 4.79 Å². The molecule has 3 rings (SSSR count). The van der Waals surface area contributed by atoms with Crippen LogP contribution in [0.4, 0.5) is 21.9 Å². The zero-order valence-electron chi connectivity index (χ0n) is 16.0. The summed E-state index contributed by atoms with van der Waals surface area (Å²) in [5, 5.41) is 24.6. The van der Waals surface area contributed by atoms with Crippen LogP contribution in [-0.4, -0.2) is 41.3 Å². The van der Waals surface area contributed by atoms with Crippen molar-refractivity contribution in [3.8, 4) is 0 Å². The van der Waals surface area contributed by atoms with Crippen LogP contribution in [0, 0.1) is 16.0 Å². The van der Waals surface area contributed by atoms with Crippen LogP contribution in [0.1, 0.15) is 44.6 Å². The van der Waals surface area contributed by atoms with Gasteiger partial charge in [0.05, 0.1) is 29.2 Å². The summed E-state index contributed by atoms with van der Waals surface area (Å²) >= 11 is 0. The number of esters is 1. The first-order valence-electron chi connectivity index (χ1n) is 9.50. The Morgan fingerprint density at radius 1 is 1.25 bits per heavy atom. The molecule has 1 aromatic carbocycles. The van der Waals surface area contributed by atoms with Gasteiger partial charge in [-0.2, -0.15) is 0 Å².